The van der Waals surface area contributed by atoms with Gasteiger partial charge < -0.3 is 15.4 Å². The number of ether oxygens (including phenoxy) is 1. The molecule has 0 aromatic heterocycles. The van der Waals surface area contributed by atoms with Crippen LogP contribution in [0.3, 0.4) is 0 Å². The first-order valence-corrected chi connectivity index (χ1v) is 9.31. The molecule has 0 saturated carbocycles. The van der Waals surface area contributed by atoms with Gasteiger partial charge in [0.15, 0.2) is 6.54 Å². The highest BCUT2D eigenvalue weighted by molar-refractivity contribution is 5.91. The van der Waals surface area contributed by atoms with Crippen molar-refractivity contribution >= 4 is 11.6 Å². The van der Waals surface area contributed by atoms with Crippen LogP contribution in [0.5, 0.6) is 5.75 Å². The first-order valence-electron chi connectivity index (χ1n) is 9.31. The molecule has 29 heavy (non-hydrogen) atoms. The number of hydrogen-bond acceptors (Lipinski definition) is 2. The normalized spacial score (nSPS) is 11.9. The summed E-state index contributed by atoms with van der Waals surface area (Å²) >= 11 is 0. The molecule has 0 radical (unpaired) electrons. The Kier molecular flexibility index (Phi) is 6.92. The maximum Gasteiger partial charge on any atom is 0.387 e. The summed E-state index contributed by atoms with van der Waals surface area (Å²) in [5.74, 6) is -0.131. The minimum absolute atomic E-state index is 0.00984. The molecule has 4 nitrogen and oxygen atoms in total. The zero-order valence-corrected chi connectivity index (χ0v) is 16.0. The van der Waals surface area contributed by atoms with Gasteiger partial charge in [0.1, 0.15) is 11.8 Å². The zero-order valence-electron chi connectivity index (χ0n) is 16.0. The fraction of sp³-hybridized carbons (Fsp3) is 0.174. The van der Waals surface area contributed by atoms with Gasteiger partial charge in [0.2, 0.25) is 0 Å². The van der Waals surface area contributed by atoms with Crippen molar-refractivity contribution < 1.29 is 23.6 Å². The predicted octanol–water partition coefficient (Wildman–Crippen LogP) is 3.89. The van der Waals surface area contributed by atoms with Crippen LogP contribution < -0.4 is 15.4 Å². The van der Waals surface area contributed by atoms with Crippen molar-refractivity contribution in [3.05, 3.63) is 95.6 Å². The summed E-state index contributed by atoms with van der Waals surface area (Å²) in [5, 5.41) is 4.75. The number of nitrogens with one attached hydrogen (secondary N) is 1. The average Bonchev–Trinajstić information content (AvgIpc) is 2.71. The summed E-state index contributed by atoms with van der Waals surface area (Å²) in [6.45, 7) is -0.625. The lowest BCUT2D eigenvalue weighted by atomic mass is 9.98. The van der Waals surface area contributed by atoms with E-state index in [0.29, 0.717) is 5.69 Å². The molecular formula is C23H23F2N2O2+. The highest BCUT2D eigenvalue weighted by Crippen LogP contribution is 2.19. The predicted molar refractivity (Wildman–Crippen MR) is 108 cm³/mol. The van der Waals surface area contributed by atoms with Crippen molar-refractivity contribution in [3.8, 4) is 5.75 Å². The van der Waals surface area contributed by atoms with Crippen LogP contribution in [-0.4, -0.2) is 19.1 Å². The number of anilines is 1. The van der Waals surface area contributed by atoms with Gasteiger partial charge in [-0.1, -0.05) is 60.2 Å². The van der Waals surface area contributed by atoms with E-state index in [2.05, 4.69) is 34.3 Å². The highest BCUT2D eigenvalue weighted by atomic mass is 19.3. The standard InChI is InChI=1S/C23H22F2N2O2/c1-16-7-9-18(10-8-16)22(17-5-3-2-4-6-17)26-15-21(28)27-19-11-13-20(14-12-19)29-23(24)25/h2-14,22-23,26H,15H2,1H3,(H,27,28)/p+1/t22-/m0/s1. The van der Waals surface area contributed by atoms with Crippen LogP contribution >= 0.6 is 0 Å². The van der Waals surface area contributed by atoms with Crippen LogP contribution in [0.1, 0.15) is 22.7 Å². The van der Waals surface area contributed by atoms with Crippen molar-refractivity contribution in [2.75, 3.05) is 11.9 Å². The fourth-order valence-electron chi connectivity index (χ4n) is 3.06. The molecule has 3 N–H and O–H groups in total. The molecule has 0 unspecified atom stereocenters. The highest BCUT2D eigenvalue weighted by Gasteiger charge is 2.19. The second-order valence-electron chi connectivity index (χ2n) is 6.69. The number of rotatable bonds is 8. The Morgan fingerprint density at radius 3 is 2.17 bits per heavy atom. The number of aryl methyl sites for hydroxylation is 1. The van der Waals surface area contributed by atoms with Gasteiger partial charge in [0.05, 0.1) is 0 Å². The number of carbonyl (C=O) groups is 1. The molecule has 0 saturated heterocycles. The number of nitrogens with two attached hydrogens (primary N) is 1. The van der Waals surface area contributed by atoms with Crippen molar-refractivity contribution in [3.63, 3.8) is 0 Å². The van der Waals surface area contributed by atoms with Crippen molar-refractivity contribution in [2.24, 2.45) is 0 Å². The minimum Gasteiger partial charge on any atom is -0.435 e. The molecule has 3 aromatic carbocycles. The van der Waals surface area contributed by atoms with Gasteiger partial charge in [-0.15, -0.1) is 0 Å². The van der Waals surface area contributed by atoms with E-state index in [-0.39, 0.29) is 24.2 Å². The number of alkyl halides is 2. The molecule has 1 atom stereocenters. The van der Waals surface area contributed by atoms with E-state index in [4.69, 9.17) is 0 Å². The van der Waals surface area contributed by atoms with Gasteiger partial charge in [-0.25, -0.2) is 0 Å². The number of benzene rings is 3. The lowest BCUT2D eigenvalue weighted by molar-refractivity contribution is -0.676. The molecule has 0 aliphatic rings. The van der Waals surface area contributed by atoms with Crippen LogP contribution in [0.4, 0.5) is 14.5 Å². The first-order chi connectivity index (χ1) is 14.0. The van der Waals surface area contributed by atoms with Gasteiger partial charge in [-0.05, 0) is 31.2 Å². The van der Waals surface area contributed by atoms with Gasteiger partial charge in [0.25, 0.3) is 5.91 Å². The Morgan fingerprint density at radius 1 is 0.931 bits per heavy atom. The smallest absolute Gasteiger partial charge is 0.387 e. The summed E-state index contributed by atoms with van der Waals surface area (Å²) in [7, 11) is 0. The second kappa shape index (κ2) is 9.80. The lowest BCUT2D eigenvalue weighted by Crippen LogP contribution is -2.87. The largest absolute Gasteiger partial charge is 0.435 e. The van der Waals surface area contributed by atoms with E-state index < -0.39 is 6.61 Å². The Labute approximate surface area is 168 Å². The minimum atomic E-state index is -2.87. The Hall–Kier alpha value is -3.25. The Balaban J connectivity index is 1.64. The summed E-state index contributed by atoms with van der Waals surface area (Å²) in [4.78, 5) is 12.4. The molecule has 150 valence electrons. The summed E-state index contributed by atoms with van der Waals surface area (Å²) in [6.07, 6.45) is 0. The zero-order chi connectivity index (χ0) is 20.6. The molecule has 6 heteroatoms. The average molecular weight is 397 g/mol. The van der Waals surface area contributed by atoms with E-state index in [1.807, 2.05) is 42.6 Å². The third-order valence-electron chi connectivity index (χ3n) is 4.50. The monoisotopic (exact) mass is 397 g/mol. The number of halogens is 2. The maximum absolute atomic E-state index is 12.4. The van der Waals surface area contributed by atoms with Crippen LogP contribution in [0.15, 0.2) is 78.9 Å². The molecule has 0 spiro atoms. The van der Waals surface area contributed by atoms with Gasteiger partial charge >= 0.3 is 6.61 Å². The number of amides is 1. The van der Waals surface area contributed by atoms with Crippen molar-refractivity contribution in [1.29, 1.82) is 0 Å². The third kappa shape index (κ3) is 6.12. The topological polar surface area (TPSA) is 54.9 Å². The van der Waals surface area contributed by atoms with E-state index >= 15 is 0 Å². The van der Waals surface area contributed by atoms with Crippen LogP contribution in [0.25, 0.3) is 0 Å². The van der Waals surface area contributed by atoms with E-state index in [1.165, 1.54) is 29.8 Å². The van der Waals surface area contributed by atoms with E-state index in [1.54, 1.807) is 0 Å². The number of quaternary nitrogens is 1. The molecule has 0 aliphatic carbocycles. The molecule has 3 rings (SSSR count). The van der Waals surface area contributed by atoms with Crippen LogP contribution in [0.2, 0.25) is 0 Å². The van der Waals surface area contributed by atoms with Crippen molar-refractivity contribution in [2.45, 2.75) is 19.6 Å². The Bertz CT molecular complexity index is 914. The van der Waals surface area contributed by atoms with E-state index in [9.17, 15) is 13.6 Å². The fourth-order valence-corrected chi connectivity index (χ4v) is 3.06. The Morgan fingerprint density at radius 2 is 1.55 bits per heavy atom. The van der Waals surface area contributed by atoms with Crippen LogP contribution in [0, 0.1) is 6.92 Å². The molecule has 0 fully saturated rings. The lowest BCUT2D eigenvalue weighted by Gasteiger charge is -2.17. The first kappa shape index (κ1) is 20.5. The molecule has 1 amide bonds. The quantitative estimate of drug-likeness (QED) is 0.606. The van der Waals surface area contributed by atoms with Crippen molar-refractivity contribution in [1.82, 2.24) is 0 Å². The van der Waals surface area contributed by atoms with Crippen LogP contribution in [-0.2, 0) is 4.79 Å². The molecule has 3 aromatic rings. The number of carbonyl (C=O) groups excluding carboxylic acids is 1. The summed E-state index contributed by atoms with van der Waals surface area (Å²) in [6, 6.07) is 24.1. The molecular weight excluding hydrogens is 374 g/mol. The molecule has 0 heterocycles. The third-order valence-corrected chi connectivity index (χ3v) is 4.50. The van der Waals surface area contributed by atoms with Gasteiger partial charge in [-0.2, -0.15) is 8.78 Å². The molecule has 0 aliphatic heterocycles. The number of hydrogen-bond donors (Lipinski definition) is 2. The maximum atomic E-state index is 12.4. The van der Waals surface area contributed by atoms with Gasteiger partial charge in [-0.3, -0.25) is 4.79 Å². The van der Waals surface area contributed by atoms with E-state index in [0.717, 1.165) is 11.1 Å². The second-order valence-corrected chi connectivity index (χ2v) is 6.69. The summed E-state index contributed by atoms with van der Waals surface area (Å²) in [5.41, 5.74) is 3.93. The SMILES string of the molecule is Cc1ccc([C@@H]([NH2+]CC(=O)Nc2ccc(OC(F)F)cc2)c2ccccc2)cc1. The summed E-state index contributed by atoms with van der Waals surface area (Å²) < 4.78 is 28.7. The molecule has 0 bridgehead atoms. The van der Waals surface area contributed by atoms with Gasteiger partial charge in [0, 0.05) is 16.8 Å².